The topological polar surface area (TPSA) is 156 Å². The number of amides is 2. The van der Waals surface area contributed by atoms with E-state index in [2.05, 4.69) is 27.5 Å². The molecule has 2 rings (SSSR count). The summed E-state index contributed by atoms with van der Waals surface area (Å²) in [5.41, 5.74) is 2.08. The van der Waals surface area contributed by atoms with Gasteiger partial charge in [-0.25, -0.2) is 0 Å². The fourth-order valence-corrected chi connectivity index (χ4v) is 4.82. The van der Waals surface area contributed by atoms with Gasteiger partial charge in [0.05, 0.1) is 31.7 Å². The van der Waals surface area contributed by atoms with Gasteiger partial charge >= 0.3 is 5.97 Å². The van der Waals surface area contributed by atoms with Crippen LogP contribution >= 0.6 is 11.8 Å². The summed E-state index contributed by atoms with van der Waals surface area (Å²) in [4.78, 5) is 59.6. The Morgan fingerprint density at radius 1 is 1.07 bits per heavy atom. The lowest BCUT2D eigenvalue weighted by Gasteiger charge is -2.25. The molecule has 0 saturated carbocycles. The summed E-state index contributed by atoms with van der Waals surface area (Å²) in [6, 6.07) is 12.3. The van der Waals surface area contributed by atoms with Gasteiger partial charge in [-0.3, -0.25) is 24.2 Å². The zero-order chi connectivity index (χ0) is 30.4. The van der Waals surface area contributed by atoms with Crippen LogP contribution in [-0.2, 0) is 36.2 Å². The van der Waals surface area contributed by atoms with Gasteiger partial charge in [-0.1, -0.05) is 49.3 Å². The number of thioether (sulfide) groups is 1. The predicted molar refractivity (Wildman–Crippen MR) is 158 cm³/mol. The molecule has 0 radical (unpaired) electrons. The number of carboxylic acids is 1. The van der Waals surface area contributed by atoms with Gasteiger partial charge in [0.25, 0.3) is 5.90 Å². The second-order valence-electron chi connectivity index (χ2n) is 9.35. The van der Waals surface area contributed by atoms with Gasteiger partial charge in [-0.2, -0.15) is 0 Å². The van der Waals surface area contributed by atoms with Gasteiger partial charge < -0.3 is 25.3 Å². The number of carbonyl (C=O) groups is 4. The molecule has 2 atom stereocenters. The Hall–Kier alpha value is -4.19. The number of carboxylic acid groups (broad SMARTS) is 1. The van der Waals surface area contributed by atoms with Crippen LogP contribution in [0, 0.1) is 5.92 Å². The largest absolute Gasteiger partial charge is 0.496 e. The quantitative estimate of drug-likeness (QED) is 0.155. The molecule has 0 saturated heterocycles. The second kappa shape index (κ2) is 16.8. The van der Waals surface area contributed by atoms with E-state index in [4.69, 9.17) is 9.57 Å². The maximum Gasteiger partial charge on any atom is 0.305 e. The van der Waals surface area contributed by atoms with E-state index in [1.807, 2.05) is 30.3 Å². The molecule has 0 fully saturated rings. The normalized spacial score (nSPS) is 12.7. The van der Waals surface area contributed by atoms with E-state index in [0.717, 1.165) is 5.56 Å². The van der Waals surface area contributed by atoms with Gasteiger partial charge in [0.1, 0.15) is 11.8 Å². The van der Waals surface area contributed by atoms with E-state index in [1.165, 1.54) is 25.9 Å². The highest BCUT2D eigenvalue weighted by Gasteiger charge is 2.30. The van der Waals surface area contributed by atoms with Crippen molar-refractivity contribution in [2.75, 3.05) is 19.9 Å². The number of aliphatic carboxylic acids is 1. The summed E-state index contributed by atoms with van der Waals surface area (Å²) in [5.74, 6) is -1.89. The molecule has 2 aromatic carbocycles. The minimum Gasteiger partial charge on any atom is -0.496 e. The van der Waals surface area contributed by atoms with E-state index in [0.29, 0.717) is 22.6 Å². The van der Waals surface area contributed by atoms with E-state index >= 15 is 0 Å². The van der Waals surface area contributed by atoms with E-state index in [1.54, 1.807) is 32.0 Å². The molecular weight excluding hydrogens is 548 g/mol. The molecule has 0 heterocycles. The molecule has 1 unspecified atom stereocenters. The number of aliphatic imine (C=N–C) groups is 1. The van der Waals surface area contributed by atoms with Gasteiger partial charge in [0, 0.05) is 30.6 Å². The molecule has 11 nitrogen and oxygen atoms in total. The number of benzene rings is 2. The smallest absolute Gasteiger partial charge is 0.305 e. The molecular formula is C29H36N4O7S. The lowest BCUT2D eigenvalue weighted by Crippen LogP contribution is -2.54. The maximum absolute atomic E-state index is 13.2. The Balaban J connectivity index is 2.11. The van der Waals surface area contributed by atoms with Crippen LogP contribution in [0.2, 0.25) is 0 Å². The number of rotatable bonds is 16. The first-order valence-electron chi connectivity index (χ1n) is 12.8. The van der Waals surface area contributed by atoms with Crippen molar-refractivity contribution < 1.29 is 33.9 Å². The summed E-state index contributed by atoms with van der Waals surface area (Å²) < 4.78 is 5.38. The van der Waals surface area contributed by atoms with Crippen molar-refractivity contribution in [1.29, 1.82) is 0 Å². The summed E-state index contributed by atoms with van der Waals surface area (Å²) in [6.45, 7) is 6.75. The highest BCUT2D eigenvalue weighted by molar-refractivity contribution is 7.99. The lowest BCUT2D eigenvalue weighted by molar-refractivity contribution is -0.140. The van der Waals surface area contributed by atoms with Gasteiger partial charge in [-0.15, -0.1) is 11.8 Å². The molecule has 2 amide bonds. The van der Waals surface area contributed by atoms with Crippen LogP contribution < -0.4 is 15.4 Å². The van der Waals surface area contributed by atoms with Gasteiger partial charge in [0.2, 0.25) is 11.8 Å². The molecule has 0 aromatic heterocycles. The number of hydrogen-bond acceptors (Lipinski definition) is 9. The summed E-state index contributed by atoms with van der Waals surface area (Å²) in [7, 11) is 2.99. The average Bonchev–Trinajstić information content (AvgIpc) is 2.94. The van der Waals surface area contributed by atoms with E-state index in [-0.39, 0.29) is 24.0 Å². The van der Waals surface area contributed by atoms with Crippen LogP contribution in [-0.4, -0.2) is 73.3 Å². The Morgan fingerprint density at radius 3 is 2.37 bits per heavy atom. The minimum absolute atomic E-state index is 0.0239. The molecule has 3 N–H and O–H groups in total. The van der Waals surface area contributed by atoms with Crippen molar-refractivity contribution in [1.82, 2.24) is 10.6 Å². The number of ether oxygens (including phenoxy) is 1. The van der Waals surface area contributed by atoms with Crippen molar-refractivity contribution in [2.45, 2.75) is 44.5 Å². The Kier molecular flexibility index (Phi) is 13.5. The van der Waals surface area contributed by atoms with Crippen LogP contribution in [0.1, 0.15) is 37.0 Å². The molecule has 0 spiro atoms. The maximum atomic E-state index is 13.2. The third-order valence-corrected chi connectivity index (χ3v) is 6.96. The number of methoxy groups -OCH3 is 1. The minimum atomic E-state index is -1.23. The van der Waals surface area contributed by atoms with Crippen LogP contribution in [0.25, 0.3) is 0 Å². The van der Waals surface area contributed by atoms with Crippen LogP contribution in [0.15, 0.2) is 58.7 Å². The SMILES string of the molecule is C=NOC(=NC)c1ccc(OC)c(CC(=O)N[C@H](C(=O)NC(CC(=O)O)C(=O)CSCc2ccccc2)C(C)C)c1. The number of ketones is 1. The number of nitrogens with one attached hydrogen (secondary N) is 2. The first kappa shape index (κ1) is 33.0. The molecule has 2 aromatic rings. The fourth-order valence-electron chi connectivity index (χ4n) is 3.89. The summed E-state index contributed by atoms with van der Waals surface area (Å²) in [5, 5.41) is 18.0. The van der Waals surface area contributed by atoms with Crippen molar-refractivity contribution in [3.63, 3.8) is 0 Å². The molecule has 41 heavy (non-hydrogen) atoms. The molecule has 0 aliphatic rings. The van der Waals surface area contributed by atoms with Crippen molar-refractivity contribution in [2.24, 2.45) is 16.1 Å². The first-order chi connectivity index (χ1) is 19.6. The summed E-state index contributed by atoms with van der Waals surface area (Å²) >= 11 is 1.33. The number of oxime groups is 1. The summed E-state index contributed by atoms with van der Waals surface area (Å²) in [6.07, 6.45) is -0.707. The van der Waals surface area contributed by atoms with E-state index < -0.39 is 42.1 Å². The Labute approximate surface area is 243 Å². The molecule has 0 aliphatic carbocycles. The van der Waals surface area contributed by atoms with Crippen LogP contribution in [0.5, 0.6) is 5.75 Å². The monoisotopic (exact) mass is 584 g/mol. The van der Waals surface area contributed by atoms with Gasteiger partial charge in [0.15, 0.2) is 5.78 Å². The van der Waals surface area contributed by atoms with E-state index in [9.17, 15) is 24.3 Å². The fraction of sp³-hybridized carbons (Fsp3) is 0.379. The number of hydrogen-bond donors (Lipinski definition) is 3. The van der Waals surface area contributed by atoms with Gasteiger partial charge in [-0.05, 0) is 29.7 Å². The lowest BCUT2D eigenvalue weighted by atomic mass is 10.0. The highest BCUT2D eigenvalue weighted by atomic mass is 32.2. The Morgan fingerprint density at radius 2 is 1.78 bits per heavy atom. The van der Waals surface area contributed by atoms with Crippen molar-refractivity contribution in [3.05, 3.63) is 65.2 Å². The standard InChI is InChI=1S/C29H36N4O7S/c1-18(2)27(33-25(35)14-21-13-20(11-12-24(21)39-5)29(30-3)40-31-4)28(38)32-22(15-26(36)37)23(34)17-41-16-19-9-7-6-8-10-19/h6-13,18,22,27H,4,14-17H2,1-3,5H3,(H,32,38)(H,33,35)(H,36,37)/t22?,27-/m0/s1. The zero-order valence-corrected chi connectivity index (χ0v) is 24.4. The zero-order valence-electron chi connectivity index (χ0n) is 23.6. The predicted octanol–water partition coefficient (Wildman–Crippen LogP) is 2.85. The second-order valence-corrected chi connectivity index (χ2v) is 10.3. The molecule has 220 valence electrons. The molecule has 0 bridgehead atoms. The van der Waals surface area contributed by atoms with Crippen molar-refractivity contribution >= 4 is 47.9 Å². The number of Topliss-reactive ketones (excluding diaryl/α,β-unsaturated/α-hetero) is 1. The van der Waals surface area contributed by atoms with Crippen LogP contribution in [0.3, 0.4) is 0 Å². The van der Waals surface area contributed by atoms with Crippen LogP contribution in [0.4, 0.5) is 0 Å². The van der Waals surface area contributed by atoms with Crippen molar-refractivity contribution in [3.8, 4) is 5.75 Å². The molecule has 0 aliphatic heterocycles. The Bertz CT molecular complexity index is 1250. The third kappa shape index (κ3) is 10.7. The highest BCUT2D eigenvalue weighted by Crippen LogP contribution is 2.22. The number of nitrogens with zero attached hydrogens (tertiary/aromatic N) is 2. The number of carbonyl (C=O) groups excluding carboxylic acids is 3. The molecule has 12 heteroatoms. The third-order valence-electron chi connectivity index (χ3n) is 5.94. The first-order valence-corrected chi connectivity index (χ1v) is 14.0. The average molecular weight is 585 g/mol.